The number of ether oxygens (including phenoxy) is 2. The lowest BCUT2D eigenvalue weighted by molar-refractivity contribution is 0.0964. The van der Waals surface area contributed by atoms with E-state index in [4.69, 9.17) is 27.4 Å². The summed E-state index contributed by atoms with van der Waals surface area (Å²) < 4.78 is 11.0. The van der Waals surface area contributed by atoms with Crippen molar-refractivity contribution in [1.82, 2.24) is 4.98 Å². The van der Waals surface area contributed by atoms with E-state index in [0.717, 1.165) is 25.0 Å². The van der Waals surface area contributed by atoms with Crippen molar-refractivity contribution < 1.29 is 9.47 Å². The number of aromatic nitrogens is 1. The fourth-order valence-corrected chi connectivity index (χ4v) is 1.74. The minimum atomic E-state index is 0.308. The molecule has 4 nitrogen and oxygen atoms in total. The smallest absolute Gasteiger partial charge is 0.224 e. The number of nitrogens with zero attached hydrogens (tertiary/aromatic N) is 1. The number of rotatable bonds is 8. The number of pyridine rings is 1. The molecule has 0 aliphatic rings. The number of aryl methyl sites for hydroxylation is 1. The van der Waals surface area contributed by atoms with Crippen molar-refractivity contribution in [3.8, 4) is 5.88 Å². The normalized spacial score (nSPS) is 10.3. The van der Waals surface area contributed by atoms with Gasteiger partial charge in [0.2, 0.25) is 5.88 Å². The monoisotopic (exact) mass is 268 g/mol. The second-order valence-electron chi connectivity index (χ2n) is 3.99. The molecule has 0 aliphatic heterocycles. The number of unbranched alkanes of at least 4 members (excludes halogenated alkanes) is 1. The molecule has 1 aromatic rings. The van der Waals surface area contributed by atoms with Gasteiger partial charge in [0.05, 0.1) is 12.2 Å². The minimum absolute atomic E-state index is 0.308. The molecular formula is C13H20N2O2S. The summed E-state index contributed by atoms with van der Waals surface area (Å²) in [4.78, 5) is 4.46. The van der Waals surface area contributed by atoms with Gasteiger partial charge in [-0.3, -0.25) is 0 Å². The molecule has 0 atom stereocenters. The van der Waals surface area contributed by atoms with Gasteiger partial charge in [0.1, 0.15) is 11.6 Å². The van der Waals surface area contributed by atoms with Crippen LogP contribution >= 0.6 is 12.2 Å². The van der Waals surface area contributed by atoms with E-state index in [-0.39, 0.29) is 0 Å². The number of hydrogen-bond donors (Lipinski definition) is 1. The first-order chi connectivity index (χ1) is 8.66. The lowest BCUT2D eigenvalue weighted by atomic mass is 10.1. The van der Waals surface area contributed by atoms with Gasteiger partial charge in [-0.1, -0.05) is 25.6 Å². The Morgan fingerprint density at radius 1 is 1.39 bits per heavy atom. The third-order valence-corrected chi connectivity index (χ3v) is 2.68. The Balaban J connectivity index is 2.47. The first-order valence-corrected chi connectivity index (χ1v) is 6.53. The highest BCUT2D eigenvalue weighted by molar-refractivity contribution is 7.80. The topological polar surface area (TPSA) is 57.4 Å². The van der Waals surface area contributed by atoms with Gasteiger partial charge < -0.3 is 15.2 Å². The summed E-state index contributed by atoms with van der Waals surface area (Å²) in [6.07, 6.45) is 3.89. The van der Waals surface area contributed by atoms with Crippen molar-refractivity contribution in [1.29, 1.82) is 0 Å². The van der Waals surface area contributed by atoms with Crippen LogP contribution in [0.5, 0.6) is 5.88 Å². The van der Waals surface area contributed by atoms with E-state index < -0.39 is 0 Å². The van der Waals surface area contributed by atoms with E-state index in [9.17, 15) is 0 Å². The summed E-state index contributed by atoms with van der Waals surface area (Å²) in [5, 5.41) is 0. The van der Waals surface area contributed by atoms with Crippen LogP contribution in [0.15, 0.2) is 12.3 Å². The van der Waals surface area contributed by atoms with Crippen LogP contribution in [0.25, 0.3) is 0 Å². The SMILES string of the molecule is CCCCOCCOc1nccc(C)c1C(N)=S. The molecule has 2 N–H and O–H groups in total. The van der Waals surface area contributed by atoms with Gasteiger partial charge in [0.15, 0.2) is 0 Å². The Bertz CT molecular complexity index is 397. The van der Waals surface area contributed by atoms with Crippen molar-refractivity contribution in [2.45, 2.75) is 26.7 Å². The molecular weight excluding hydrogens is 248 g/mol. The largest absolute Gasteiger partial charge is 0.475 e. The Labute approximate surface area is 113 Å². The first kappa shape index (κ1) is 14.9. The zero-order valence-corrected chi connectivity index (χ0v) is 11.8. The summed E-state index contributed by atoms with van der Waals surface area (Å²) >= 11 is 5.00. The summed E-state index contributed by atoms with van der Waals surface area (Å²) in [6.45, 7) is 5.83. The Kier molecular flexibility index (Phi) is 6.60. The number of nitrogens with two attached hydrogens (primary N) is 1. The van der Waals surface area contributed by atoms with Crippen LogP contribution in [-0.2, 0) is 4.74 Å². The molecule has 0 bridgehead atoms. The van der Waals surface area contributed by atoms with Crippen LogP contribution in [0.3, 0.4) is 0 Å². The van der Waals surface area contributed by atoms with Gasteiger partial charge in [-0.2, -0.15) is 0 Å². The van der Waals surface area contributed by atoms with Crippen LogP contribution in [0, 0.1) is 6.92 Å². The highest BCUT2D eigenvalue weighted by Crippen LogP contribution is 2.18. The van der Waals surface area contributed by atoms with Gasteiger partial charge in [0, 0.05) is 12.8 Å². The predicted molar refractivity (Wildman–Crippen MR) is 76.1 cm³/mol. The predicted octanol–water partition coefficient (Wildman–Crippen LogP) is 2.22. The summed E-state index contributed by atoms with van der Waals surface area (Å²) in [5.74, 6) is 0.488. The van der Waals surface area contributed by atoms with E-state index in [1.807, 2.05) is 13.0 Å². The highest BCUT2D eigenvalue weighted by atomic mass is 32.1. The lowest BCUT2D eigenvalue weighted by Gasteiger charge is -2.11. The molecule has 0 amide bonds. The molecule has 1 heterocycles. The maximum Gasteiger partial charge on any atom is 0.224 e. The summed E-state index contributed by atoms with van der Waals surface area (Å²) in [5.41, 5.74) is 7.35. The van der Waals surface area contributed by atoms with Crippen LogP contribution < -0.4 is 10.5 Å². The van der Waals surface area contributed by atoms with Crippen LogP contribution in [-0.4, -0.2) is 29.8 Å². The maximum atomic E-state index is 5.67. The quantitative estimate of drug-likeness (QED) is 0.578. The second kappa shape index (κ2) is 8.00. The van der Waals surface area contributed by atoms with Gasteiger partial charge in [0.25, 0.3) is 0 Å². The second-order valence-corrected chi connectivity index (χ2v) is 4.43. The molecule has 100 valence electrons. The van der Waals surface area contributed by atoms with Gasteiger partial charge in [-0.15, -0.1) is 0 Å². The van der Waals surface area contributed by atoms with Crippen molar-refractivity contribution in [2.75, 3.05) is 19.8 Å². The molecule has 0 radical (unpaired) electrons. The van der Waals surface area contributed by atoms with Crippen LogP contribution in [0.1, 0.15) is 30.9 Å². The zero-order chi connectivity index (χ0) is 13.4. The molecule has 1 aromatic heterocycles. The summed E-state index contributed by atoms with van der Waals surface area (Å²) in [7, 11) is 0. The Hall–Kier alpha value is -1.20. The standard InChI is InChI=1S/C13H20N2O2S/c1-3-4-7-16-8-9-17-13-11(12(14)18)10(2)5-6-15-13/h5-6H,3-4,7-9H2,1-2H3,(H2,14,18). The Morgan fingerprint density at radius 2 is 2.17 bits per heavy atom. The fourth-order valence-electron chi connectivity index (χ4n) is 1.49. The third kappa shape index (κ3) is 4.58. The van der Waals surface area contributed by atoms with Crippen molar-refractivity contribution in [3.63, 3.8) is 0 Å². The number of hydrogen-bond acceptors (Lipinski definition) is 4. The van der Waals surface area contributed by atoms with Crippen LogP contribution in [0.2, 0.25) is 0 Å². The van der Waals surface area contributed by atoms with Crippen molar-refractivity contribution in [2.24, 2.45) is 5.73 Å². The van der Waals surface area contributed by atoms with Crippen LogP contribution in [0.4, 0.5) is 0 Å². The molecule has 0 spiro atoms. The van der Waals surface area contributed by atoms with E-state index in [1.54, 1.807) is 6.20 Å². The molecule has 0 aromatic carbocycles. The van der Waals surface area contributed by atoms with E-state index >= 15 is 0 Å². The molecule has 0 fully saturated rings. The van der Waals surface area contributed by atoms with E-state index in [1.165, 1.54) is 0 Å². The lowest BCUT2D eigenvalue weighted by Crippen LogP contribution is -2.16. The van der Waals surface area contributed by atoms with Gasteiger partial charge in [-0.25, -0.2) is 4.98 Å². The average Bonchev–Trinajstić information content (AvgIpc) is 2.33. The summed E-state index contributed by atoms with van der Waals surface area (Å²) in [6, 6.07) is 1.86. The zero-order valence-electron chi connectivity index (χ0n) is 10.9. The maximum absolute atomic E-state index is 5.67. The fraction of sp³-hybridized carbons (Fsp3) is 0.538. The van der Waals surface area contributed by atoms with E-state index in [2.05, 4.69) is 11.9 Å². The highest BCUT2D eigenvalue weighted by Gasteiger charge is 2.10. The molecule has 5 heteroatoms. The molecule has 0 saturated heterocycles. The molecule has 18 heavy (non-hydrogen) atoms. The first-order valence-electron chi connectivity index (χ1n) is 6.12. The van der Waals surface area contributed by atoms with Gasteiger partial charge in [-0.05, 0) is 25.0 Å². The average molecular weight is 268 g/mol. The van der Waals surface area contributed by atoms with Crippen molar-refractivity contribution >= 4 is 17.2 Å². The third-order valence-electron chi connectivity index (χ3n) is 2.48. The molecule has 0 aliphatic carbocycles. The van der Waals surface area contributed by atoms with Gasteiger partial charge >= 0.3 is 0 Å². The number of thiocarbonyl (C=S) groups is 1. The Morgan fingerprint density at radius 3 is 2.83 bits per heavy atom. The molecule has 1 rings (SSSR count). The van der Waals surface area contributed by atoms with Crippen molar-refractivity contribution in [3.05, 3.63) is 23.4 Å². The van der Waals surface area contributed by atoms with E-state index in [0.29, 0.717) is 29.6 Å². The molecule has 0 unspecified atom stereocenters. The molecule has 0 saturated carbocycles. The minimum Gasteiger partial charge on any atom is -0.475 e.